The molecule has 0 N–H and O–H groups in total. The van der Waals surface area contributed by atoms with Crippen LogP contribution in [0.4, 0.5) is 22.4 Å². The Morgan fingerprint density at radius 1 is 0.973 bits per heavy atom. The number of alkyl halides is 3. The molecule has 0 spiro atoms. The number of carbonyl (C=O) groups excluding carboxylic acids is 1. The van der Waals surface area contributed by atoms with Gasteiger partial charge in [0, 0.05) is 32.1 Å². The zero-order valence-corrected chi connectivity index (χ0v) is 19.7. The Kier molecular flexibility index (Phi) is 7.00. The lowest BCUT2D eigenvalue weighted by atomic mass is 9.84. The molecule has 0 radical (unpaired) electrons. The molecule has 3 aromatic rings. The number of piperidine rings is 1. The number of likely N-dealkylation sites (tertiary alicyclic amines) is 1. The summed E-state index contributed by atoms with van der Waals surface area (Å²) in [7, 11) is 0. The minimum Gasteiger partial charge on any atom is -0.406 e. The molecule has 2 fully saturated rings. The molecule has 2 atom stereocenters. The minimum atomic E-state index is -4.79. The van der Waals surface area contributed by atoms with E-state index >= 15 is 0 Å². The number of halogens is 4. The van der Waals surface area contributed by atoms with Gasteiger partial charge < -0.3 is 23.8 Å². The van der Waals surface area contributed by atoms with Gasteiger partial charge in [0.1, 0.15) is 11.6 Å². The topological polar surface area (TPSA) is 80.9 Å². The first-order valence-corrected chi connectivity index (χ1v) is 11.8. The van der Waals surface area contributed by atoms with E-state index in [0.29, 0.717) is 45.8 Å². The summed E-state index contributed by atoms with van der Waals surface area (Å²) in [5.74, 6) is -1.01. The molecule has 2 aromatic carbocycles. The highest BCUT2D eigenvalue weighted by molar-refractivity contribution is 5.75. The fraction of sp³-hybridized carbons (Fsp3) is 0.400. The predicted molar refractivity (Wildman–Crippen MR) is 122 cm³/mol. The first kappa shape index (κ1) is 25.0. The van der Waals surface area contributed by atoms with Crippen LogP contribution in [0.15, 0.2) is 53.1 Å². The van der Waals surface area contributed by atoms with Crippen LogP contribution in [0.3, 0.4) is 0 Å². The Labute approximate surface area is 209 Å². The molecule has 0 bridgehead atoms. The van der Waals surface area contributed by atoms with Gasteiger partial charge in [-0.05, 0) is 36.2 Å². The van der Waals surface area contributed by atoms with E-state index in [2.05, 4.69) is 14.9 Å². The number of urea groups is 1. The van der Waals surface area contributed by atoms with Crippen LogP contribution in [-0.2, 0) is 4.74 Å². The molecule has 2 amide bonds. The van der Waals surface area contributed by atoms with Crippen LogP contribution in [0.2, 0.25) is 0 Å². The highest BCUT2D eigenvalue weighted by Gasteiger charge is 2.37. The van der Waals surface area contributed by atoms with Crippen molar-refractivity contribution < 1.29 is 36.4 Å². The van der Waals surface area contributed by atoms with Crippen molar-refractivity contribution in [2.75, 3.05) is 39.4 Å². The summed E-state index contributed by atoms with van der Waals surface area (Å²) >= 11 is 0. The molecule has 0 aliphatic carbocycles. The van der Waals surface area contributed by atoms with Crippen LogP contribution in [0, 0.1) is 5.82 Å². The second kappa shape index (κ2) is 10.4. The highest BCUT2D eigenvalue weighted by atomic mass is 19.4. The molecule has 2 saturated heterocycles. The third kappa shape index (κ3) is 5.85. The fourth-order valence-corrected chi connectivity index (χ4v) is 4.72. The summed E-state index contributed by atoms with van der Waals surface area (Å²) < 4.78 is 66.8. The van der Waals surface area contributed by atoms with Crippen LogP contribution in [0.5, 0.6) is 5.75 Å². The van der Waals surface area contributed by atoms with E-state index in [-0.39, 0.29) is 40.9 Å². The van der Waals surface area contributed by atoms with E-state index in [1.165, 1.54) is 18.2 Å². The van der Waals surface area contributed by atoms with Crippen molar-refractivity contribution in [3.63, 3.8) is 0 Å². The zero-order chi connectivity index (χ0) is 26.0. The zero-order valence-electron chi connectivity index (χ0n) is 19.7. The second-order valence-electron chi connectivity index (χ2n) is 8.97. The Hall–Kier alpha value is -3.67. The lowest BCUT2D eigenvalue weighted by molar-refractivity contribution is -0.274. The van der Waals surface area contributed by atoms with Gasteiger partial charge in [0.2, 0.25) is 11.7 Å². The summed E-state index contributed by atoms with van der Waals surface area (Å²) in [6.07, 6.45) is -4.28. The van der Waals surface area contributed by atoms with Gasteiger partial charge in [-0.15, -0.1) is 13.2 Å². The number of hydrogen-bond donors (Lipinski definition) is 0. The van der Waals surface area contributed by atoms with E-state index in [1.807, 2.05) is 0 Å². The van der Waals surface area contributed by atoms with Gasteiger partial charge in [-0.2, -0.15) is 4.98 Å². The minimum absolute atomic E-state index is 0.106. The van der Waals surface area contributed by atoms with Gasteiger partial charge in [-0.25, -0.2) is 9.18 Å². The van der Waals surface area contributed by atoms with Gasteiger partial charge in [0.25, 0.3) is 0 Å². The van der Waals surface area contributed by atoms with Crippen molar-refractivity contribution in [3.8, 4) is 17.1 Å². The van der Waals surface area contributed by atoms with Crippen LogP contribution in [0.25, 0.3) is 11.4 Å². The van der Waals surface area contributed by atoms with E-state index in [1.54, 1.807) is 40.1 Å². The first-order valence-electron chi connectivity index (χ1n) is 11.8. The van der Waals surface area contributed by atoms with Gasteiger partial charge in [-0.1, -0.05) is 29.4 Å². The van der Waals surface area contributed by atoms with Crippen LogP contribution in [-0.4, -0.2) is 71.7 Å². The second-order valence-corrected chi connectivity index (χ2v) is 8.97. The summed E-state index contributed by atoms with van der Waals surface area (Å²) in [5.41, 5.74) is 0.944. The van der Waals surface area contributed by atoms with Crippen molar-refractivity contribution in [2.24, 2.45) is 0 Å². The molecular weight excluding hydrogens is 496 g/mol. The number of rotatable bonds is 4. The summed E-state index contributed by atoms with van der Waals surface area (Å²) in [6, 6.07) is 11.5. The summed E-state index contributed by atoms with van der Waals surface area (Å²) in [5, 5.41) is 3.95. The van der Waals surface area contributed by atoms with Crippen molar-refractivity contribution in [2.45, 2.75) is 24.6 Å². The van der Waals surface area contributed by atoms with Crippen molar-refractivity contribution in [1.29, 1.82) is 0 Å². The molecule has 1 aromatic heterocycles. The molecule has 0 saturated carbocycles. The SMILES string of the molecule is O=C(N1CCOCC1)N1CC(c2ccc(OC(F)(F)F)cc2)CC(c2nc(-c3ccccc3F)no2)C1. The quantitative estimate of drug-likeness (QED) is 0.460. The van der Waals surface area contributed by atoms with E-state index < -0.39 is 12.2 Å². The van der Waals surface area contributed by atoms with Crippen molar-refractivity contribution in [3.05, 3.63) is 65.8 Å². The molecule has 5 rings (SSSR count). The van der Waals surface area contributed by atoms with Crippen LogP contribution >= 0.6 is 0 Å². The molecule has 196 valence electrons. The fourth-order valence-electron chi connectivity index (χ4n) is 4.72. The Balaban J connectivity index is 1.40. The molecule has 2 unspecified atom stereocenters. The van der Waals surface area contributed by atoms with E-state index in [9.17, 15) is 22.4 Å². The van der Waals surface area contributed by atoms with Gasteiger partial charge in [0.05, 0.1) is 24.7 Å². The smallest absolute Gasteiger partial charge is 0.406 e. The van der Waals surface area contributed by atoms with Gasteiger partial charge >= 0.3 is 12.4 Å². The Morgan fingerprint density at radius 2 is 1.68 bits per heavy atom. The summed E-state index contributed by atoms with van der Waals surface area (Å²) in [6.45, 7) is 2.49. The third-order valence-electron chi connectivity index (χ3n) is 6.49. The van der Waals surface area contributed by atoms with Gasteiger partial charge in [0.15, 0.2) is 0 Å². The molecule has 8 nitrogen and oxygen atoms in total. The molecule has 12 heteroatoms. The molecule has 3 heterocycles. The maximum Gasteiger partial charge on any atom is 0.573 e. The maximum absolute atomic E-state index is 14.2. The van der Waals surface area contributed by atoms with Crippen molar-refractivity contribution in [1.82, 2.24) is 19.9 Å². The third-order valence-corrected chi connectivity index (χ3v) is 6.49. The van der Waals surface area contributed by atoms with Crippen LogP contribution in [0.1, 0.15) is 29.7 Å². The van der Waals surface area contributed by atoms with Crippen LogP contribution < -0.4 is 4.74 Å². The first-order chi connectivity index (χ1) is 17.8. The number of carbonyl (C=O) groups is 1. The largest absolute Gasteiger partial charge is 0.573 e. The molecule has 2 aliphatic heterocycles. The lowest BCUT2D eigenvalue weighted by Crippen LogP contribution is -2.52. The monoisotopic (exact) mass is 520 g/mol. The number of morpholine rings is 1. The average molecular weight is 520 g/mol. The van der Waals surface area contributed by atoms with E-state index in [4.69, 9.17) is 9.26 Å². The number of amides is 2. The Morgan fingerprint density at radius 3 is 2.38 bits per heavy atom. The molecular formula is C25H24F4N4O4. The highest BCUT2D eigenvalue weighted by Crippen LogP contribution is 2.37. The molecule has 37 heavy (non-hydrogen) atoms. The summed E-state index contributed by atoms with van der Waals surface area (Å²) in [4.78, 5) is 21.1. The average Bonchev–Trinajstić information content (AvgIpc) is 3.38. The van der Waals surface area contributed by atoms with Gasteiger partial charge in [-0.3, -0.25) is 0 Å². The lowest BCUT2D eigenvalue weighted by Gasteiger charge is -2.40. The number of hydrogen-bond acceptors (Lipinski definition) is 6. The normalized spacial score (nSPS) is 20.6. The number of ether oxygens (including phenoxy) is 2. The Bertz CT molecular complexity index is 1230. The standard InChI is InChI=1S/C25H24F4N4O4/c26-21-4-2-1-3-20(21)22-30-23(37-31-22)18-13-17(16-5-7-19(8-6-16)36-25(27,28)29)14-33(15-18)24(34)32-9-11-35-12-10-32/h1-8,17-18H,9-15H2. The predicted octanol–water partition coefficient (Wildman–Crippen LogP) is 4.80. The number of nitrogens with zero attached hydrogens (tertiary/aromatic N) is 4. The molecule has 2 aliphatic rings. The maximum atomic E-state index is 14.2. The number of benzene rings is 2. The number of aromatic nitrogens is 2. The van der Waals surface area contributed by atoms with E-state index in [0.717, 1.165) is 5.56 Å². The van der Waals surface area contributed by atoms with Crippen molar-refractivity contribution >= 4 is 6.03 Å².